The smallest absolute Gasteiger partial charge is 0.0358 e. The Morgan fingerprint density at radius 1 is 1.14 bits per heavy atom. The van der Waals surface area contributed by atoms with Crippen molar-refractivity contribution in [1.29, 1.82) is 5.41 Å². The number of rotatable bonds is 1. The lowest BCUT2D eigenvalue weighted by Gasteiger charge is -2.39. The van der Waals surface area contributed by atoms with E-state index in [0.717, 1.165) is 25.0 Å². The van der Waals surface area contributed by atoms with Gasteiger partial charge in [0.05, 0.1) is 0 Å². The summed E-state index contributed by atoms with van der Waals surface area (Å²) in [5, 5.41) is 14.9. The summed E-state index contributed by atoms with van der Waals surface area (Å²) in [6.45, 7) is 16.9. The molecule has 22 heavy (non-hydrogen) atoms. The Balaban J connectivity index is 0. The third-order valence-electron chi connectivity index (χ3n) is 4.33. The van der Waals surface area contributed by atoms with Crippen molar-refractivity contribution in [2.45, 2.75) is 73.6 Å². The van der Waals surface area contributed by atoms with Crippen LogP contribution >= 0.6 is 0 Å². The third kappa shape index (κ3) is 5.24. The molecule has 2 rings (SSSR count). The molecule has 2 N–H and O–H groups in total. The zero-order valence-corrected chi connectivity index (χ0v) is 16.2. The molecule has 0 aromatic heterocycles. The highest BCUT2D eigenvalue weighted by atomic mass is 16.2. The van der Waals surface area contributed by atoms with E-state index in [1.54, 1.807) is 0 Å². The van der Waals surface area contributed by atoms with Crippen LogP contribution in [0.2, 0.25) is 0 Å². The Morgan fingerprint density at radius 2 is 1.64 bits per heavy atom. The largest absolute Gasteiger partial charge is 0.400 e. The molecule has 1 aromatic carbocycles. The maximum Gasteiger partial charge on any atom is 0.0358 e. The van der Waals surface area contributed by atoms with Crippen LogP contribution in [0.25, 0.3) is 0 Å². The van der Waals surface area contributed by atoms with Crippen molar-refractivity contribution in [3.8, 4) is 0 Å². The molecule has 0 saturated carbocycles. The zero-order chi connectivity index (χ0) is 17.9. The standard InChI is InChI=1S/C15H21N.2C2H6.CH4O/c1-10-8-9-13-12(11(2)16)6-5-7-14(13)15(10,3)4;3*1-2/h5-7,10,16H,8-9H2,1-4H3;2*1-2H3;2H,1H3. The van der Waals surface area contributed by atoms with Crippen LogP contribution in [0.4, 0.5) is 0 Å². The van der Waals surface area contributed by atoms with Gasteiger partial charge in [0.1, 0.15) is 0 Å². The first kappa shape index (κ1) is 23.1. The molecular formula is C20H37NO. The predicted molar refractivity (Wildman–Crippen MR) is 100 cm³/mol. The highest BCUT2D eigenvalue weighted by Gasteiger charge is 2.34. The fourth-order valence-corrected chi connectivity index (χ4v) is 2.80. The molecular weight excluding hydrogens is 270 g/mol. The lowest BCUT2D eigenvalue weighted by molar-refractivity contribution is 0.302. The molecule has 1 aliphatic rings. The van der Waals surface area contributed by atoms with Crippen molar-refractivity contribution < 1.29 is 5.11 Å². The maximum absolute atomic E-state index is 7.86. The van der Waals surface area contributed by atoms with E-state index in [-0.39, 0.29) is 5.41 Å². The van der Waals surface area contributed by atoms with Crippen LogP contribution in [-0.4, -0.2) is 17.9 Å². The minimum Gasteiger partial charge on any atom is -0.400 e. The van der Waals surface area contributed by atoms with Crippen LogP contribution in [0, 0.1) is 11.3 Å². The number of hydrogen-bond acceptors (Lipinski definition) is 2. The van der Waals surface area contributed by atoms with Gasteiger partial charge < -0.3 is 10.5 Å². The molecule has 0 amide bonds. The SMILES string of the molecule is CC.CC.CC(=N)c1cccc2c1CCC(C)C2(C)C.CO. The van der Waals surface area contributed by atoms with Gasteiger partial charge in [0, 0.05) is 12.8 Å². The summed E-state index contributed by atoms with van der Waals surface area (Å²) < 4.78 is 0. The van der Waals surface area contributed by atoms with Crippen molar-refractivity contribution in [1.82, 2.24) is 0 Å². The van der Waals surface area contributed by atoms with Crippen LogP contribution < -0.4 is 0 Å². The topological polar surface area (TPSA) is 44.1 Å². The average Bonchev–Trinajstić information content (AvgIpc) is 2.56. The van der Waals surface area contributed by atoms with Crippen molar-refractivity contribution in [2.75, 3.05) is 7.11 Å². The van der Waals surface area contributed by atoms with Crippen molar-refractivity contribution in [3.05, 3.63) is 34.9 Å². The number of aliphatic hydroxyl groups is 1. The molecule has 2 nitrogen and oxygen atoms in total. The van der Waals surface area contributed by atoms with Gasteiger partial charge in [-0.3, -0.25) is 0 Å². The zero-order valence-electron chi connectivity index (χ0n) is 16.2. The predicted octanol–water partition coefficient (Wildman–Crippen LogP) is 5.60. The fraction of sp³-hybridized carbons (Fsp3) is 0.650. The van der Waals surface area contributed by atoms with E-state index in [9.17, 15) is 0 Å². The minimum absolute atomic E-state index is 0.249. The summed E-state index contributed by atoms with van der Waals surface area (Å²) in [7, 11) is 1.00. The molecule has 1 aromatic rings. The molecule has 0 aliphatic heterocycles. The summed E-state index contributed by atoms with van der Waals surface area (Å²) in [5.41, 5.74) is 4.96. The highest BCUT2D eigenvalue weighted by Crippen LogP contribution is 2.41. The quantitative estimate of drug-likeness (QED) is 0.652. The normalized spacial score (nSPS) is 17.3. The average molecular weight is 308 g/mol. The van der Waals surface area contributed by atoms with Crippen LogP contribution in [0.3, 0.4) is 0 Å². The first-order chi connectivity index (χ1) is 10.4. The fourth-order valence-electron chi connectivity index (χ4n) is 2.80. The van der Waals surface area contributed by atoms with Gasteiger partial charge in [0.2, 0.25) is 0 Å². The number of fused-ring (bicyclic) bond motifs is 1. The highest BCUT2D eigenvalue weighted by molar-refractivity contribution is 5.98. The molecule has 0 spiro atoms. The molecule has 0 fully saturated rings. The van der Waals surface area contributed by atoms with Gasteiger partial charge in [-0.2, -0.15) is 0 Å². The van der Waals surface area contributed by atoms with Crippen LogP contribution in [0.1, 0.15) is 78.5 Å². The van der Waals surface area contributed by atoms with Gasteiger partial charge >= 0.3 is 0 Å². The van der Waals surface area contributed by atoms with Gasteiger partial charge in [0.25, 0.3) is 0 Å². The Hall–Kier alpha value is -1.15. The van der Waals surface area contributed by atoms with Crippen LogP contribution in [0.5, 0.6) is 0 Å². The van der Waals surface area contributed by atoms with E-state index in [1.807, 2.05) is 34.6 Å². The van der Waals surface area contributed by atoms with E-state index < -0.39 is 0 Å². The minimum atomic E-state index is 0.249. The first-order valence-corrected chi connectivity index (χ1v) is 8.57. The number of benzene rings is 1. The van der Waals surface area contributed by atoms with Crippen molar-refractivity contribution in [3.63, 3.8) is 0 Å². The number of nitrogens with one attached hydrogen (secondary N) is 1. The maximum atomic E-state index is 7.86. The second-order valence-electron chi connectivity index (χ2n) is 5.62. The van der Waals surface area contributed by atoms with Gasteiger partial charge in [-0.1, -0.05) is 66.7 Å². The third-order valence-corrected chi connectivity index (χ3v) is 4.33. The van der Waals surface area contributed by atoms with E-state index in [1.165, 1.54) is 17.5 Å². The van der Waals surface area contributed by atoms with E-state index in [2.05, 4.69) is 39.0 Å². The Bertz CT molecular complexity index is 435. The monoisotopic (exact) mass is 307 g/mol. The van der Waals surface area contributed by atoms with Gasteiger partial charge in [-0.05, 0) is 47.8 Å². The Labute approximate surface area is 138 Å². The van der Waals surface area contributed by atoms with Crippen molar-refractivity contribution in [2.24, 2.45) is 5.92 Å². The summed E-state index contributed by atoms with van der Waals surface area (Å²) in [4.78, 5) is 0. The molecule has 1 aliphatic carbocycles. The van der Waals surface area contributed by atoms with E-state index in [0.29, 0.717) is 5.71 Å². The lowest BCUT2D eigenvalue weighted by atomic mass is 9.65. The second-order valence-corrected chi connectivity index (χ2v) is 5.62. The Kier molecular flexibility index (Phi) is 12.0. The van der Waals surface area contributed by atoms with Gasteiger partial charge in [-0.15, -0.1) is 0 Å². The Morgan fingerprint density at radius 3 is 2.09 bits per heavy atom. The molecule has 1 unspecified atom stereocenters. The molecule has 0 heterocycles. The van der Waals surface area contributed by atoms with Gasteiger partial charge in [0.15, 0.2) is 0 Å². The summed E-state index contributed by atoms with van der Waals surface area (Å²) in [6, 6.07) is 6.44. The lowest BCUT2D eigenvalue weighted by Crippen LogP contribution is -2.33. The molecule has 0 radical (unpaired) electrons. The van der Waals surface area contributed by atoms with Gasteiger partial charge in [-0.25, -0.2) is 0 Å². The first-order valence-electron chi connectivity index (χ1n) is 8.57. The summed E-state index contributed by atoms with van der Waals surface area (Å²) in [5.74, 6) is 0.723. The molecule has 1 atom stereocenters. The number of aliphatic hydroxyl groups excluding tert-OH is 1. The number of hydrogen-bond donors (Lipinski definition) is 2. The molecule has 0 saturated heterocycles. The van der Waals surface area contributed by atoms with E-state index >= 15 is 0 Å². The molecule has 2 heteroatoms. The van der Waals surface area contributed by atoms with E-state index in [4.69, 9.17) is 10.5 Å². The summed E-state index contributed by atoms with van der Waals surface area (Å²) in [6.07, 6.45) is 2.37. The summed E-state index contributed by atoms with van der Waals surface area (Å²) >= 11 is 0. The molecule has 0 bridgehead atoms. The van der Waals surface area contributed by atoms with Crippen LogP contribution in [0.15, 0.2) is 18.2 Å². The van der Waals surface area contributed by atoms with Crippen LogP contribution in [-0.2, 0) is 11.8 Å². The second kappa shape index (κ2) is 11.4. The molecule has 128 valence electrons. The van der Waals surface area contributed by atoms with Crippen molar-refractivity contribution >= 4 is 5.71 Å².